The Morgan fingerprint density at radius 3 is 2.09 bits per heavy atom. The number of hydrogen-bond donors (Lipinski definition) is 1. The van der Waals surface area contributed by atoms with Crippen LogP contribution in [0.3, 0.4) is 0 Å². The lowest BCUT2D eigenvalue weighted by molar-refractivity contribution is -0.139. The molecule has 0 radical (unpaired) electrons. The lowest BCUT2D eigenvalue weighted by atomic mass is 10.1. The third kappa shape index (κ3) is 8.12. The number of carbonyl (C=O) groups is 2. The summed E-state index contributed by atoms with van der Waals surface area (Å²) in [4.78, 5) is 27.8. The van der Waals surface area contributed by atoms with Crippen LogP contribution in [0.5, 0.6) is 0 Å². The normalized spacial score (nSPS) is 13.1. The summed E-state index contributed by atoms with van der Waals surface area (Å²) >= 11 is 12.2. The number of benzene rings is 2. The lowest BCUT2D eigenvalue weighted by Gasteiger charge is -2.32. The molecule has 10 heteroatoms. The second-order valence-electron chi connectivity index (χ2n) is 8.55. The van der Waals surface area contributed by atoms with Crippen molar-refractivity contribution in [3.8, 4) is 0 Å². The Kier molecular flexibility index (Phi) is 10.4. The molecular weight excluding hydrogens is 509 g/mol. The summed E-state index contributed by atoms with van der Waals surface area (Å²) in [7, 11) is -3.77. The Morgan fingerprint density at radius 1 is 0.971 bits per heavy atom. The van der Waals surface area contributed by atoms with Crippen molar-refractivity contribution < 1.29 is 18.0 Å². The number of amides is 2. The van der Waals surface area contributed by atoms with Crippen molar-refractivity contribution >= 4 is 50.7 Å². The number of hydrogen-bond acceptors (Lipinski definition) is 4. The Bertz CT molecular complexity index is 1140. The van der Waals surface area contributed by atoms with Gasteiger partial charge in [0.2, 0.25) is 21.8 Å². The van der Waals surface area contributed by atoms with Crippen molar-refractivity contribution in [2.75, 3.05) is 17.1 Å². The van der Waals surface area contributed by atoms with E-state index in [1.165, 1.54) is 4.90 Å². The van der Waals surface area contributed by atoms with Gasteiger partial charge in [-0.05, 0) is 62.1 Å². The summed E-state index contributed by atoms with van der Waals surface area (Å²) < 4.78 is 26.3. The minimum absolute atomic E-state index is 0.0528. The molecule has 0 aliphatic carbocycles. The maximum atomic E-state index is 13.5. The van der Waals surface area contributed by atoms with E-state index < -0.39 is 28.5 Å². The number of nitrogens with one attached hydrogen (secondary N) is 1. The van der Waals surface area contributed by atoms with Crippen LogP contribution in [-0.4, -0.2) is 50.0 Å². The first-order chi connectivity index (χ1) is 16.4. The number of anilines is 1. The van der Waals surface area contributed by atoms with E-state index in [9.17, 15) is 18.0 Å². The molecule has 35 heavy (non-hydrogen) atoms. The van der Waals surface area contributed by atoms with E-state index in [-0.39, 0.29) is 18.5 Å². The van der Waals surface area contributed by atoms with Crippen LogP contribution < -0.4 is 9.62 Å². The Balaban J connectivity index is 2.40. The van der Waals surface area contributed by atoms with Crippen molar-refractivity contribution in [3.63, 3.8) is 0 Å². The summed E-state index contributed by atoms with van der Waals surface area (Å²) in [5.41, 5.74) is 2.09. The Hall–Kier alpha value is -2.29. The summed E-state index contributed by atoms with van der Waals surface area (Å²) in [5, 5.41) is 3.58. The SMILES string of the molecule is CCc1ccc(N(CC(=O)N(Cc2ccc(Cl)c(Cl)c2)[C@@H](C)C(=O)N[C@@H](C)CC)S(C)(=O)=O)cc1. The number of sulfonamides is 1. The molecule has 7 nitrogen and oxygen atoms in total. The first kappa shape index (κ1) is 28.9. The molecule has 2 rings (SSSR count). The molecule has 2 amide bonds. The van der Waals surface area contributed by atoms with E-state index in [2.05, 4.69) is 5.32 Å². The Labute approximate surface area is 218 Å². The van der Waals surface area contributed by atoms with Gasteiger partial charge in [-0.2, -0.15) is 0 Å². The molecule has 0 saturated heterocycles. The third-order valence-electron chi connectivity index (χ3n) is 5.82. The summed E-state index contributed by atoms with van der Waals surface area (Å²) in [6.07, 6.45) is 2.59. The largest absolute Gasteiger partial charge is 0.352 e. The number of rotatable bonds is 11. The first-order valence-electron chi connectivity index (χ1n) is 11.5. The van der Waals surface area contributed by atoms with Crippen LogP contribution in [0.4, 0.5) is 5.69 Å². The van der Waals surface area contributed by atoms with Crippen LogP contribution in [0.2, 0.25) is 10.0 Å². The number of nitrogens with zero attached hydrogens (tertiary/aromatic N) is 2. The van der Waals surface area contributed by atoms with Crippen molar-refractivity contribution in [1.29, 1.82) is 0 Å². The zero-order chi connectivity index (χ0) is 26.3. The van der Waals surface area contributed by atoms with Gasteiger partial charge in [-0.25, -0.2) is 8.42 Å². The predicted molar refractivity (Wildman–Crippen MR) is 142 cm³/mol. The van der Waals surface area contributed by atoms with Crippen LogP contribution in [0.1, 0.15) is 45.2 Å². The van der Waals surface area contributed by atoms with Gasteiger partial charge in [-0.15, -0.1) is 0 Å². The summed E-state index contributed by atoms with van der Waals surface area (Å²) in [6.45, 7) is 7.04. The maximum Gasteiger partial charge on any atom is 0.244 e. The molecule has 0 aromatic heterocycles. The number of carbonyl (C=O) groups excluding carboxylic acids is 2. The zero-order valence-corrected chi connectivity index (χ0v) is 23.0. The lowest BCUT2D eigenvalue weighted by Crippen LogP contribution is -2.52. The minimum atomic E-state index is -3.77. The van der Waals surface area contributed by atoms with Gasteiger partial charge in [-0.1, -0.05) is 55.2 Å². The fraction of sp³-hybridized carbons (Fsp3) is 0.440. The van der Waals surface area contributed by atoms with Gasteiger partial charge < -0.3 is 10.2 Å². The second kappa shape index (κ2) is 12.6. The first-order valence-corrected chi connectivity index (χ1v) is 14.1. The average Bonchev–Trinajstić information content (AvgIpc) is 2.81. The van der Waals surface area contributed by atoms with Gasteiger partial charge >= 0.3 is 0 Å². The molecule has 0 bridgehead atoms. The molecular formula is C25H33Cl2N3O4S. The van der Waals surface area contributed by atoms with Crippen LogP contribution in [-0.2, 0) is 32.6 Å². The van der Waals surface area contributed by atoms with Crippen LogP contribution >= 0.6 is 23.2 Å². The molecule has 192 valence electrons. The van der Waals surface area contributed by atoms with Gasteiger partial charge in [0.05, 0.1) is 22.0 Å². The zero-order valence-electron chi connectivity index (χ0n) is 20.7. The fourth-order valence-electron chi connectivity index (χ4n) is 3.39. The molecule has 2 atom stereocenters. The highest BCUT2D eigenvalue weighted by atomic mass is 35.5. The van der Waals surface area contributed by atoms with Gasteiger partial charge in [-0.3, -0.25) is 13.9 Å². The van der Waals surface area contributed by atoms with E-state index in [0.29, 0.717) is 21.3 Å². The van der Waals surface area contributed by atoms with Gasteiger partial charge in [0, 0.05) is 12.6 Å². The highest BCUT2D eigenvalue weighted by molar-refractivity contribution is 7.92. The average molecular weight is 543 g/mol. The van der Waals surface area contributed by atoms with Gasteiger partial charge in [0.1, 0.15) is 12.6 Å². The summed E-state index contributed by atoms with van der Waals surface area (Å²) in [6, 6.07) is 11.0. The second-order valence-corrected chi connectivity index (χ2v) is 11.3. The highest BCUT2D eigenvalue weighted by Crippen LogP contribution is 2.24. The van der Waals surface area contributed by atoms with E-state index in [1.54, 1.807) is 37.3 Å². The third-order valence-corrected chi connectivity index (χ3v) is 7.70. The smallest absolute Gasteiger partial charge is 0.244 e. The predicted octanol–water partition coefficient (Wildman–Crippen LogP) is 4.65. The minimum Gasteiger partial charge on any atom is -0.352 e. The van der Waals surface area contributed by atoms with Crippen LogP contribution in [0, 0.1) is 0 Å². The number of aryl methyl sites for hydroxylation is 1. The van der Waals surface area contributed by atoms with Crippen molar-refractivity contribution in [1.82, 2.24) is 10.2 Å². The standard InChI is InChI=1S/C25H33Cl2N3O4S/c1-6-17(3)28-25(32)18(4)29(15-20-10-13-22(26)23(27)14-20)24(31)16-30(35(5,33)34)21-11-8-19(7-2)9-12-21/h8-14,17-18H,6-7,15-16H2,1-5H3,(H,28,32)/t17-,18-/m0/s1. The van der Waals surface area contributed by atoms with Crippen molar-refractivity contribution in [2.45, 2.75) is 59.2 Å². The molecule has 0 unspecified atom stereocenters. The summed E-state index contributed by atoms with van der Waals surface area (Å²) in [5.74, 6) is -0.848. The molecule has 2 aromatic carbocycles. The van der Waals surface area contributed by atoms with E-state index in [4.69, 9.17) is 23.2 Å². The molecule has 1 N–H and O–H groups in total. The molecule has 0 fully saturated rings. The fourth-order valence-corrected chi connectivity index (χ4v) is 4.56. The van der Waals surface area contributed by atoms with E-state index in [1.807, 2.05) is 32.9 Å². The van der Waals surface area contributed by atoms with Gasteiger partial charge in [0.25, 0.3) is 0 Å². The molecule has 2 aromatic rings. The van der Waals surface area contributed by atoms with E-state index in [0.717, 1.165) is 29.0 Å². The van der Waals surface area contributed by atoms with Crippen LogP contribution in [0.25, 0.3) is 0 Å². The quantitative estimate of drug-likeness (QED) is 0.448. The van der Waals surface area contributed by atoms with Crippen LogP contribution in [0.15, 0.2) is 42.5 Å². The monoisotopic (exact) mass is 541 g/mol. The van der Waals surface area contributed by atoms with Gasteiger partial charge in [0.15, 0.2) is 0 Å². The topological polar surface area (TPSA) is 86.8 Å². The number of halogens is 2. The molecule has 0 spiro atoms. The highest BCUT2D eigenvalue weighted by Gasteiger charge is 2.30. The Morgan fingerprint density at radius 2 is 1.57 bits per heavy atom. The molecule has 0 heterocycles. The maximum absolute atomic E-state index is 13.5. The molecule has 0 aliphatic rings. The van der Waals surface area contributed by atoms with Crippen molar-refractivity contribution in [3.05, 3.63) is 63.6 Å². The molecule has 0 aliphatic heterocycles. The molecule has 0 saturated carbocycles. The van der Waals surface area contributed by atoms with Crippen molar-refractivity contribution in [2.24, 2.45) is 0 Å². The van der Waals surface area contributed by atoms with E-state index >= 15 is 0 Å².